The molecule has 2 aromatic carbocycles. The smallest absolute Gasteiger partial charge is 0.335 e. The summed E-state index contributed by atoms with van der Waals surface area (Å²) in [5.74, 6) is -0.461. The summed E-state index contributed by atoms with van der Waals surface area (Å²) in [5.41, 5.74) is 1.55. The fraction of sp³-hybridized carbons (Fsp3) is 0.136. The summed E-state index contributed by atoms with van der Waals surface area (Å²) < 4.78 is 11.7. The predicted octanol–water partition coefficient (Wildman–Crippen LogP) is 3.84. The summed E-state index contributed by atoms with van der Waals surface area (Å²) in [6.07, 6.45) is 3.05. The van der Waals surface area contributed by atoms with E-state index in [9.17, 15) is 14.4 Å². The summed E-state index contributed by atoms with van der Waals surface area (Å²) >= 11 is 2.08. The lowest BCUT2D eigenvalue weighted by atomic mass is 10.1. The summed E-state index contributed by atoms with van der Waals surface area (Å²) in [6, 6.07) is 9.58. The molecule has 0 aromatic heterocycles. The number of hydrogen-bond donors (Lipinski definition) is 1. The molecule has 0 spiro atoms. The number of amides is 4. The first-order valence-corrected chi connectivity index (χ1v) is 10.0. The Morgan fingerprint density at radius 1 is 1.20 bits per heavy atom. The van der Waals surface area contributed by atoms with Gasteiger partial charge in [-0.25, -0.2) is 9.69 Å². The van der Waals surface area contributed by atoms with Crippen LogP contribution in [0.5, 0.6) is 11.5 Å². The van der Waals surface area contributed by atoms with E-state index in [1.165, 1.54) is 13.2 Å². The van der Waals surface area contributed by atoms with Gasteiger partial charge in [0.15, 0.2) is 11.5 Å². The molecule has 1 fully saturated rings. The molecule has 0 atom stereocenters. The van der Waals surface area contributed by atoms with E-state index in [0.717, 1.165) is 14.0 Å². The van der Waals surface area contributed by atoms with Crippen LogP contribution in [0.25, 0.3) is 6.08 Å². The molecule has 2 aromatic rings. The molecule has 0 radical (unpaired) electrons. The van der Waals surface area contributed by atoms with Gasteiger partial charge in [-0.05, 0) is 64.9 Å². The zero-order chi connectivity index (χ0) is 21.8. The van der Waals surface area contributed by atoms with Crippen LogP contribution in [0.3, 0.4) is 0 Å². The number of nitrogens with zero attached hydrogens (tertiary/aromatic N) is 1. The number of imide groups is 2. The Kier molecular flexibility index (Phi) is 6.56. The number of anilines is 1. The van der Waals surface area contributed by atoms with Crippen molar-refractivity contribution in [3.63, 3.8) is 0 Å². The number of rotatable bonds is 6. The Labute approximate surface area is 187 Å². The number of carbonyl (C=O) groups is 3. The minimum atomic E-state index is -0.781. The molecule has 1 saturated heterocycles. The highest BCUT2D eigenvalue weighted by Crippen LogP contribution is 2.35. The van der Waals surface area contributed by atoms with Crippen LogP contribution >= 0.6 is 22.6 Å². The second-order valence-electron chi connectivity index (χ2n) is 6.38. The van der Waals surface area contributed by atoms with Gasteiger partial charge in [0.2, 0.25) is 0 Å². The molecule has 8 heteroatoms. The molecule has 1 N–H and O–H groups in total. The van der Waals surface area contributed by atoms with Gasteiger partial charge in [-0.1, -0.05) is 30.9 Å². The summed E-state index contributed by atoms with van der Waals surface area (Å²) in [5, 5.41) is 2.23. The lowest BCUT2D eigenvalue weighted by molar-refractivity contribution is -0.122. The molecule has 3 rings (SSSR count). The van der Waals surface area contributed by atoms with Gasteiger partial charge < -0.3 is 9.47 Å². The van der Waals surface area contributed by atoms with Crippen LogP contribution in [0.15, 0.2) is 54.6 Å². The second kappa shape index (κ2) is 9.12. The lowest BCUT2D eigenvalue weighted by Gasteiger charge is -2.27. The van der Waals surface area contributed by atoms with Crippen LogP contribution in [-0.4, -0.2) is 31.6 Å². The standard InChI is InChI=1S/C22H19IN2O5/c1-4-9-30-19-16(23)11-14(12-18(19)29-3)10-15-20(26)24-22(28)25(21(15)27)17-8-6-5-7-13(17)2/h4-8,10-12H,1,9H2,2-3H3,(H,24,26,28)/b15-10-. The molecule has 0 unspecified atom stereocenters. The molecule has 4 amide bonds. The van der Waals surface area contributed by atoms with Gasteiger partial charge in [0.25, 0.3) is 11.8 Å². The zero-order valence-corrected chi connectivity index (χ0v) is 18.6. The van der Waals surface area contributed by atoms with Crippen LogP contribution in [0.1, 0.15) is 11.1 Å². The second-order valence-corrected chi connectivity index (χ2v) is 7.54. The molecule has 1 aliphatic rings. The van der Waals surface area contributed by atoms with E-state index in [4.69, 9.17) is 9.47 Å². The number of aryl methyl sites for hydroxylation is 1. The minimum Gasteiger partial charge on any atom is -0.493 e. The van der Waals surface area contributed by atoms with Crippen molar-refractivity contribution >= 4 is 52.2 Å². The number of carbonyl (C=O) groups excluding carboxylic acids is 3. The normalized spacial score (nSPS) is 15.2. The summed E-state index contributed by atoms with van der Waals surface area (Å²) in [7, 11) is 1.50. The highest BCUT2D eigenvalue weighted by molar-refractivity contribution is 14.1. The van der Waals surface area contributed by atoms with Crippen molar-refractivity contribution in [2.24, 2.45) is 0 Å². The van der Waals surface area contributed by atoms with E-state index in [2.05, 4.69) is 34.5 Å². The maximum atomic E-state index is 13.1. The van der Waals surface area contributed by atoms with Crippen molar-refractivity contribution < 1.29 is 23.9 Å². The van der Waals surface area contributed by atoms with Crippen molar-refractivity contribution in [1.29, 1.82) is 0 Å². The first-order valence-electron chi connectivity index (χ1n) is 8.95. The average Bonchev–Trinajstić information content (AvgIpc) is 2.71. The molecule has 30 heavy (non-hydrogen) atoms. The number of urea groups is 1. The Morgan fingerprint density at radius 2 is 1.93 bits per heavy atom. The molecule has 1 aliphatic heterocycles. The van der Waals surface area contributed by atoms with Crippen LogP contribution in [0.2, 0.25) is 0 Å². The Morgan fingerprint density at radius 3 is 2.60 bits per heavy atom. The van der Waals surface area contributed by atoms with E-state index in [1.54, 1.807) is 49.4 Å². The topological polar surface area (TPSA) is 84.9 Å². The van der Waals surface area contributed by atoms with Crippen molar-refractivity contribution in [2.45, 2.75) is 6.92 Å². The summed E-state index contributed by atoms with van der Waals surface area (Å²) in [6.45, 7) is 5.71. The van der Waals surface area contributed by atoms with Crippen molar-refractivity contribution in [1.82, 2.24) is 5.32 Å². The van der Waals surface area contributed by atoms with E-state index < -0.39 is 17.8 Å². The van der Waals surface area contributed by atoms with Crippen molar-refractivity contribution in [2.75, 3.05) is 18.6 Å². The number of hydrogen-bond acceptors (Lipinski definition) is 5. The molecule has 154 valence electrons. The predicted molar refractivity (Wildman–Crippen MR) is 122 cm³/mol. The molecule has 1 heterocycles. The number of para-hydroxylation sites is 1. The van der Waals surface area contributed by atoms with Gasteiger partial charge in [-0.3, -0.25) is 14.9 Å². The maximum absolute atomic E-state index is 13.1. The molecular weight excluding hydrogens is 499 g/mol. The lowest BCUT2D eigenvalue weighted by Crippen LogP contribution is -2.54. The molecule has 0 saturated carbocycles. The van der Waals surface area contributed by atoms with Crippen molar-refractivity contribution in [3.05, 3.63) is 69.3 Å². The van der Waals surface area contributed by atoms with E-state index in [0.29, 0.717) is 29.4 Å². The number of methoxy groups -OCH3 is 1. The monoisotopic (exact) mass is 518 g/mol. The summed E-state index contributed by atoms with van der Waals surface area (Å²) in [4.78, 5) is 38.8. The van der Waals surface area contributed by atoms with Gasteiger partial charge in [-0.2, -0.15) is 0 Å². The Bertz CT molecular complexity index is 1080. The molecule has 7 nitrogen and oxygen atoms in total. The van der Waals surface area contributed by atoms with Crippen LogP contribution < -0.4 is 19.7 Å². The third-order valence-electron chi connectivity index (χ3n) is 4.37. The van der Waals surface area contributed by atoms with Crippen LogP contribution in [0.4, 0.5) is 10.5 Å². The van der Waals surface area contributed by atoms with E-state index >= 15 is 0 Å². The highest BCUT2D eigenvalue weighted by atomic mass is 127. The molecular formula is C22H19IN2O5. The van der Waals surface area contributed by atoms with Gasteiger partial charge in [0, 0.05) is 0 Å². The third-order valence-corrected chi connectivity index (χ3v) is 5.17. The fourth-order valence-corrected chi connectivity index (χ4v) is 3.74. The van der Waals surface area contributed by atoms with Gasteiger partial charge in [0.1, 0.15) is 12.2 Å². The number of benzene rings is 2. The van der Waals surface area contributed by atoms with Crippen molar-refractivity contribution in [3.8, 4) is 11.5 Å². The Hall–Kier alpha value is -3.14. The zero-order valence-electron chi connectivity index (χ0n) is 16.4. The quantitative estimate of drug-likeness (QED) is 0.272. The molecule has 0 aliphatic carbocycles. The van der Waals surface area contributed by atoms with E-state index in [-0.39, 0.29) is 5.57 Å². The first-order chi connectivity index (χ1) is 14.4. The van der Waals surface area contributed by atoms with Gasteiger partial charge in [-0.15, -0.1) is 0 Å². The molecule has 0 bridgehead atoms. The number of halogens is 1. The number of nitrogens with one attached hydrogen (secondary N) is 1. The maximum Gasteiger partial charge on any atom is 0.335 e. The van der Waals surface area contributed by atoms with E-state index in [1.807, 2.05) is 0 Å². The Balaban J connectivity index is 2.03. The number of ether oxygens (including phenoxy) is 2. The largest absolute Gasteiger partial charge is 0.493 e. The third kappa shape index (κ3) is 4.23. The SMILES string of the molecule is C=CCOc1c(I)cc(/C=C2/C(=O)NC(=O)N(c3ccccc3C)C2=O)cc1OC. The number of barbiturate groups is 1. The van der Waals surface area contributed by atoms with Crippen LogP contribution in [0, 0.1) is 10.5 Å². The first kappa shape index (κ1) is 21.6. The average molecular weight is 518 g/mol. The van der Waals surface area contributed by atoms with Gasteiger partial charge in [0.05, 0.1) is 16.4 Å². The van der Waals surface area contributed by atoms with Gasteiger partial charge >= 0.3 is 6.03 Å². The van der Waals surface area contributed by atoms with Crippen LogP contribution in [-0.2, 0) is 9.59 Å². The highest BCUT2D eigenvalue weighted by Gasteiger charge is 2.37. The fourth-order valence-electron chi connectivity index (χ4n) is 2.96. The minimum absolute atomic E-state index is 0.157.